The van der Waals surface area contributed by atoms with Crippen molar-refractivity contribution < 1.29 is 37.7 Å². The maximum Gasteiger partial charge on any atom is 0.459 e. The minimum Gasteiger partial charge on any atom is -0.462 e. The summed E-state index contributed by atoms with van der Waals surface area (Å²) in [4.78, 5) is 38.5. The Bertz CT molecular complexity index is 1300. The van der Waals surface area contributed by atoms with E-state index in [-0.39, 0.29) is 12.2 Å². The Morgan fingerprint density at radius 1 is 1.26 bits per heavy atom. The van der Waals surface area contributed by atoms with Gasteiger partial charge in [-0.1, -0.05) is 18.2 Å². The van der Waals surface area contributed by atoms with Gasteiger partial charge in [0, 0.05) is 18.7 Å². The molecule has 2 unspecified atom stereocenters. The number of H-pyrrole nitrogens is 1. The number of nitrogens with one attached hydrogen (secondary N) is 2. The first kappa shape index (κ1) is 28.2. The normalized spacial score (nSPS) is 29.0. The van der Waals surface area contributed by atoms with E-state index < -0.39 is 73.9 Å². The number of esters is 1. The van der Waals surface area contributed by atoms with Crippen LogP contribution in [0.25, 0.3) is 0 Å². The molecule has 1 aromatic carbocycles. The highest BCUT2D eigenvalue weighted by Gasteiger charge is 2.61. The highest BCUT2D eigenvalue weighted by Crippen LogP contribution is 2.51. The number of hydrogen-bond donors (Lipinski definition) is 3. The molecular weight excluding hydrogens is 521 g/mol. The molecule has 2 bridgehead atoms. The molecule has 2 saturated heterocycles. The molecule has 0 spiro atoms. The van der Waals surface area contributed by atoms with Crippen molar-refractivity contribution >= 4 is 13.7 Å². The largest absolute Gasteiger partial charge is 0.462 e. The SMILES string of the molecule is CC(C)OC(=O)[C@H](C)N[P@@](=O)(OC[C@]12C[C@@H](C)OC(C1O)[C@H](n1ccc(=O)[nH]c1=O)O2)Oc1ccccc1. The second-order valence-electron chi connectivity index (χ2n) is 9.66. The summed E-state index contributed by atoms with van der Waals surface area (Å²) in [5, 5.41) is 13.8. The van der Waals surface area contributed by atoms with Crippen LogP contribution in [0.2, 0.25) is 0 Å². The summed E-state index contributed by atoms with van der Waals surface area (Å²) in [6.45, 7) is 6.16. The van der Waals surface area contributed by atoms with E-state index >= 15 is 0 Å². The number of carbonyl (C=O) groups excluding carboxylic acids is 1. The molecule has 2 aromatic rings. The number of carbonyl (C=O) groups is 1. The first-order valence-electron chi connectivity index (χ1n) is 12.2. The van der Waals surface area contributed by atoms with Gasteiger partial charge in [0.15, 0.2) is 6.23 Å². The third-order valence-electron chi connectivity index (χ3n) is 6.14. The summed E-state index contributed by atoms with van der Waals surface area (Å²) in [5.41, 5.74) is -2.77. The number of rotatable bonds is 10. The van der Waals surface area contributed by atoms with Crippen LogP contribution in [0, 0.1) is 0 Å². The summed E-state index contributed by atoms with van der Waals surface area (Å²) < 4.78 is 43.7. The first-order valence-corrected chi connectivity index (χ1v) is 13.8. The molecule has 2 aliphatic heterocycles. The number of aromatic nitrogens is 2. The minimum absolute atomic E-state index is 0.134. The van der Waals surface area contributed by atoms with Crippen molar-refractivity contribution in [3.63, 3.8) is 0 Å². The molecule has 0 radical (unpaired) electrons. The van der Waals surface area contributed by atoms with Gasteiger partial charge in [-0.2, -0.15) is 5.09 Å². The molecule has 0 amide bonds. The van der Waals surface area contributed by atoms with Crippen LogP contribution in [0.15, 0.2) is 52.2 Å². The molecule has 3 N–H and O–H groups in total. The van der Waals surface area contributed by atoms with Gasteiger partial charge < -0.3 is 23.8 Å². The maximum atomic E-state index is 13.9. The zero-order valence-corrected chi connectivity index (χ0v) is 22.3. The van der Waals surface area contributed by atoms with E-state index in [0.717, 1.165) is 10.6 Å². The number of aliphatic hydroxyl groups is 1. The number of para-hydroxylation sites is 1. The Labute approximate surface area is 218 Å². The third-order valence-corrected chi connectivity index (χ3v) is 7.76. The minimum atomic E-state index is -4.25. The Morgan fingerprint density at radius 2 is 1.97 bits per heavy atom. The van der Waals surface area contributed by atoms with Crippen LogP contribution in [0.4, 0.5) is 0 Å². The lowest BCUT2D eigenvalue weighted by Gasteiger charge is -2.39. The predicted octanol–water partition coefficient (Wildman–Crippen LogP) is 1.48. The molecule has 2 fully saturated rings. The number of fused-ring (bicyclic) bond motifs is 2. The Morgan fingerprint density at radius 3 is 2.63 bits per heavy atom. The van der Waals surface area contributed by atoms with Crippen LogP contribution < -0.4 is 20.9 Å². The van der Waals surface area contributed by atoms with Crippen LogP contribution in [-0.4, -0.2) is 63.3 Å². The molecular formula is C24H32N3O10P. The van der Waals surface area contributed by atoms with Gasteiger partial charge >= 0.3 is 19.4 Å². The zero-order valence-electron chi connectivity index (χ0n) is 21.4. The molecule has 0 saturated carbocycles. The van der Waals surface area contributed by atoms with Gasteiger partial charge in [-0.25, -0.2) is 9.36 Å². The van der Waals surface area contributed by atoms with E-state index in [4.69, 9.17) is 23.3 Å². The monoisotopic (exact) mass is 553 g/mol. The highest BCUT2D eigenvalue weighted by atomic mass is 31.2. The lowest BCUT2D eigenvalue weighted by Crippen LogP contribution is -2.54. The first-order chi connectivity index (χ1) is 17.9. The lowest BCUT2D eigenvalue weighted by atomic mass is 9.87. The second-order valence-corrected chi connectivity index (χ2v) is 11.4. The Hall–Kier alpha value is -2.80. The maximum absolute atomic E-state index is 13.9. The van der Waals surface area contributed by atoms with Gasteiger partial charge in [0.2, 0.25) is 0 Å². The van der Waals surface area contributed by atoms with Crippen molar-refractivity contribution in [1.29, 1.82) is 0 Å². The van der Waals surface area contributed by atoms with Gasteiger partial charge in [0.05, 0.1) is 18.8 Å². The van der Waals surface area contributed by atoms with Crippen molar-refractivity contribution in [1.82, 2.24) is 14.6 Å². The summed E-state index contributed by atoms with van der Waals surface area (Å²) in [6.07, 6.45) is -2.78. The Kier molecular flexibility index (Phi) is 8.26. The molecule has 13 nitrogen and oxygen atoms in total. The van der Waals surface area contributed by atoms with Crippen molar-refractivity contribution in [3.8, 4) is 5.75 Å². The molecule has 2 aliphatic rings. The number of nitrogens with zero attached hydrogens (tertiary/aromatic N) is 1. The number of aromatic amines is 1. The van der Waals surface area contributed by atoms with Crippen molar-refractivity contribution in [3.05, 3.63) is 63.4 Å². The summed E-state index contributed by atoms with van der Waals surface area (Å²) in [6, 6.07) is 8.33. The third kappa shape index (κ3) is 6.09. The molecule has 7 atom stereocenters. The van der Waals surface area contributed by atoms with Gasteiger partial charge in [0.25, 0.3) is 5.56 Å². The smallest absolute Gasteiger partial charge is 0.459 e. The average molecular weight is 554 g/mol. The van der Waals surface area contributed by atoms with E-state index in [2.05, 4.69) is 10.1 Å². The average Bonchev–Trinajstić information content (AvgIpc) is 2.99. The fourth-order valence-electron chi connectivity index (χ4n) is 4.50. The van der Waals surface area contributed by atoms with Crippen molar-refractivity contribution in [2.75, 3.05) is 6.61 Å². The highest BCUT2D eigenvalue weighted by molar-refractivity contribution is 7.52. The van der Waals surface area contributed by atoms with Crippen LogP contribution in [0.5, 0.6) is 5.75 Å². The van der Waals surface area contributed by atoms with E-state index in [1.54, 1.807) is 51.1 Å². The quantitative estimate of drug-likeness (QED) is 0.288. The topological polar surface area (TPSA) is 167 Å². The second kappa shape index (κ2) is 11.1. The summed E-state index contributed by atoms with van der Waals surface area (Å²) in [5.74, 6) is -0.442. The van der Waals surface area contributed by atoms with Gasteiger partial charge in [-0.3, -0.25) is 23.7 Å². The predicted molar refractivity (Wildman–Crippen MR) is 134 cm³/mol. The zero-order chi connectivity index (χ0) is 27.7. The fourth-order valence-corrected chi connectivity index (χ4v) is 6.04. The standard InChI is InChI=1S/C24H32N3O10P/c1-14(2)34-22(30)16(4)26-38(32,37-17-8-6-5-7-9-17)33-13-24-12-15(3)35-19(20(24)29)21(36-24)27-11-10-18(28)25-23(27)31/h5-11,14-16,19-21,29H,12-13H2,1-4H3,(H,26,32)(H,25,28,31)/t15-,16+,19?,20?,21-,24-,38-/m1/s1. The summed E-state index contributed by atoms with van der Waals surface area (Å²) in [7, 11) is -4.25. The van der Waals surface area contributed by atoms with Gasteiger partial charge in [0.1, 0.15) is 29.6 Å². The van der Waals surface area contributed by atoms with Crippen LogP contribution in [-0.2, 0) is 28.1 Å². The molecule has 14 heteroatoms. The van der Waals surface area contributed by atoms with E-state index in [1.807, 2.05) is 0 Å². The molecule has 208 valence electrons. The number of aliphatic hydroxyl groups excluding tert-OH is 1. The number of benzene rings is 1. The van der Waals surface area contributed by atoms with Gasteiger partial charge in [-0.15, -0.1) is 0 Å². The lowest BCUT2D eigenvalue weighted by molar-refractivity contribution is -0.158. The molecule has 3 heterocycles. The van der Waals surface area contributed by atoms with E-state index in [1.165, 1.54) is 13.1 Å². The molecule has 4 rings (SSSR count). The molecule has 0 aliphatic carbocycles. The molecule has 38 heavy (non-hydrogen) atoms. The van der Waals surface area contributed by atoms with Crippen molar-refractivity contribution in [2.24, 2.45) is 0 Å². The van der Waals surface area contributed by atoms with Gasteiger partial charge in [-0.05, 0) is 39.8 Å². The van der Waals surface area contributed by atoms with E-state index in [0.29, 0.717) is 0 Å². The van der Waals surface area contributed by atoms with Crippen LogP contribution in [0.3, 0.4) is 0 Å². The van der Waals surface area contributed by atoms with Crippen LogP contribution in [0.1, 0.15) is 40.3 Å². The van der Waals surface area contributed by atoms with Crippen molar-refractivity contribution in [2.45, 2.75) is 76.4 Å². The number of hydrogen-bond acceptors (Lipinski definition) is 10. The van der Waals surface area contributed by atoms with E-state index in [9.17, 15) is 24.1 Å². The molecule has 1 aromatic heterocycles. The van der Waals surface area contributed by atoms with Crippen LogP contribution >= 0.6 is 7.75 Å². The summed E-state index contributed by atoms with van der Waals surface area (Å²) >= 11 is 0. The fraction of sp³-hybridized carbons (Fsp3) is 0.542. The Balaban J connectivity index is 1.60. The number of ether oxygens (including phenoxy) is 3.